The number of hydrogen-bond acceptors (Lipinski definition) is 4. The maximum absolute atomic E-state index is 13.5. The topological polar surface area (TPSA) is 55.2 Å². The predicted octanol–water partition coefficient (Wildman–Crippen LogP) is 4.88. The van der Waals surface area contributed by atoms with Gasteiger partial charge in [0.15, 0.2) is 0 Å². The summed E-state index contributed by atoms with van der Waals surface area (Å²) >= 11 is 1.64. The fourth-order valence-electron chi connectivity index (χ4n) is 4.44. The average molecular weight is 444 g/mol. The van der Waals surface area contributed by atoms with Gasteiger partial charge in [-0.05, 0) is 55.9 Å². The van der Waals surface area contributed by atoms with E-state index in [1.165, 1.54) is 4.88 Å². The van der Waals surface area contributed by atoms with Crippen LogP contribution in [-0.4, -0.2) is 15.5 Å². The van der Waals surface area contributed by atoms with Crippen molar-refractivity contribution >= 4 is 33.1 Å². The molecule has 0 saturated carbocycles. The predicted molar refractivity (Wildman–Crippen MR) is 129 cm³/mol. The van der Waals surface area contributed by atoms with Crippen LogP contribution in [0.5, 0.6) is 0 Å². The van der Waals surface area contributed by atoms with Crippen LogP contribution in [0.25, 0.3) is 10.2 Å². The smallest absolute Gasteiger partial charge is 0.263 e. The van der Waals surface area contributed by atoms with Crippen LogP contribution in [0.15, 0.2) is 65.5 Å². The molecule has 32 heavy (non-hydrogen) atoms. The Balaban J connectivity index is 1.52. The van der Waals surface area contributed by atoms with Crippen molar-refractivity contribution < 1.29 is 4.79 Å². The highest BCUT2D eigenvalue weighted by Crippen LogP contribution is 2.33. The van der Waals surface area contributed by atoms with Crippen molar-refractivity contribution in [3.8, 4) is 0 Å². The van der Waals surface area contributed by atoms with Crippen LogP contribution in [0.1, 0.15) is 34.7 Å². The standard InChI is InChI=1S/C26H25N3O2S/c1-18-27-25-24(21-14-8-9-15-22(21)32-25)26(31)28(18)17-23(30)29(20-12-6-3-7-13-20)16-19-10-4-2-5-11-19/h2-7,10-13H,8-9,14-17H2,1H3. The molecule has 0 bridgehead atoms. The zero-order valence-electron chi connectivity index (χ0n) is 18.1. The normalized spacial score (nSPS) is 13.2. The van der Waals surface area contributed by atoms with Gasteiger partial charge in [0.05, 0.1) is 11.9 Å². The van der Waals surface area contributed by atoms with Crippen molar-refractivity contribution in [1.82, 2.24) is 9.55 Å². The zero-order chi connectivity index (χ0) is 22.1. The maximum atomic E-state index is 13.5. The molecule has 4 aromatic rings. The average Bonchev–Trinajstić information content (AvgIpc) is 3.19. The van der Waals surface area contributed by atoms with Gasteiger partial charge in [0, 0.05) is 10.6 Å². The molecule has 0 unspecified atom stereocenters. The molecule has 0 atom stereocenters. The Morgan fingerprint density at radius 1 is 1.03 bits per heavy atom. The monoisotopic (exact) mass is 443 g/mol. The number of anilines is 1. The minimum absolute atomic E-state index is 0.0278. The Labute approximate surface area is 191 Å². The van der Waals surface area contributed by atoms with Crippen LogP contribution in [0.4, 0.5) is 5.69 Å². The van der Waals surface area contributed by atoms with Gasteiger partial charge in [-0.25, -0.2) is 4.98 Å². The molecule has 5 rings (SSSR count). The van der Waals surface area contributed by atoms with Crippen molar-refractivity contribution in [3.05, 3.63) is 92.8 Å². The van der Waals surface area contributed by atoms with Crippen LogP contribution in [0, 0.1) is 6.92 Å². The molecule has 1 aliphatic carbocycles. The highest BCUT2D eigenvalue weighted by molar-refractivity contribution is 7.18. The summed E-state index contributed by atoms with van der Waals surface area (Å²) in [5, 5.41) is 0.720. The summed E-state index contributed by atoms with van der Waals surface area (Å²) in [6.45, 7) is 2.23. The Kier molecular flexibility index (Phi) is 5.62. The van der Waals surface area contributed by atoms with Crippen LogP contribution < -0.4 is 10.5 Å². The van der Waals surface area contributed by atoms with Gasteiger partial charge in [-0.1, -0.05) is 48.5 Å². The first-order chi connectivity index (χ1) is 15.6. The number of para-hydroxylation sites is 1. The third-order valence-electron chi connectivity index (χ3n) is 6.11. The van der Waals surface area contributed by atoms with Gasteiger partial charge >= 0.3 is 0 Å². The Hall–Kier alpha value is -3.25. The van der Waals surface area contributed by atoms with Gasteiger partial charge in [-0.15, -0.1) is 11.3 Å². The molecule has 0 N–H and O–H groups in total. The first-order valence-corrected chi connectivity index (χ1v) is 11.8. The van der Waals surface area contributed by atoms with Crippen LogP contribution >= 0.6 is 11.3 Å². The fraction of sp³-hybridized carbons (Fsp3) is 0.269. The summed E-state index contributed by atoms with van der Waals surface area (Å²) in [5.74, 6) is 0.456. The van der Waals surface area contributed by atoms with Crippen LogP contribution in [0.3, 0.4) is 0 Å². The van der Waals surface area contributed by atoms with Gasteiger partial charge in [0.25, 0.3) is 5.56 Å². The number of nitrogens with zero attached hydrogens (tertiary/aromatic N) is 3. The second-order valence-corrected chi connectivity index (χ2v) is 9.33. The van der Waals surface area contributed by atoms with Gasteiger partial charge in [0.1, 0.15) is 17.2 Å². The minimum Gasteiger partial charge on any atom is -0.306 e. The number of aryl methyl sites for hydroxylation is 3. The van der Waals surface area contributed by atoms with E-state index >= 15 is 0 Å². The van der Waals surface area contributed by atoms with E-state index in [2.05, 4.69) is 0 Å². The summed E-state index contributed by atoms with van der Waals surface area (Å²) < 4.78 is 1.55. The molecule has 5 nitrogen and oxygen atoms in total. The van der Waals surface area contributed by atoms with Crippen molar-refractivity contribution in [2.45, 2.75) is 45.7 Å². The van der Waals surface area contributed by atoms with Crippen LogP contribution in [0.2, 0.25) is 0 Å². The van der Waals surface area contributed by atoms with E-state index in [9.17, 15) is 9.59 Å². The molecule has 1 amide bonds. The molecule has 2 heterocycles. The number of thiophene rings is 1. The Bertz CT molecular complexity index is 1330. The maximum Gasteiger partial charge on any atom is 0.263 e. The van der Waals surface area contributed by atoms with Crippen molar-refractivity contribution in [2.24, 2.45) is 0 Å². The number of fused-ring (bicyclic) bond motifs is 3. The van der Waals surface area contributed by atoms with Crippen molar-refractivity contribution in [1.29, 1.82) is 0 Å². The van der Waals surface area contributed by atoms with Gasteiger partial charge < -0.3 is 4.90 Å². The quantitative estimate of drug-likeness (QED) is 0.442. The number of carbonyl (C=O) groups excluding carboxylic acids is 1. The largest absolute Gasteiger partial charge is 0.306 e. The number of carbonyl (C=O) groups is 1. The first kappa shape index (κ1) is 20.6. The zero-order valence-corrected chi connectivity index (χ0v) is 18.9. The molecule has 162 valence electrons. The fourth-order valence-corrected chi connectivity index (χ4v) is 5.74. The summed E-state index contributed by atoms with van der Waals surface area (Å²) in [4.78, 5) is 35.6. The second kappa shape index (κ2) is 8.71. The van der Waals surface area contributed by atoms with Crippen LogP contribution in [-0.2, 0) is 30.7 Å². The summed E-state index contributed by atoms with van der Waals surface area (Å²) in [7, 11) is 0. The third kappa shape index (κ3) is 3.86. The third-order valence-corrected chi connectivity index (χ3v) is 7.30. The molecule has 0 saturated heterocycles. The van der Waals surface area contributed by atoms with E-state index < -0.39 is 0 Å². The van der Waals surface area contributed by atoms with Gasteiger partial charge in [-0.3, -0.25) is 14.2 Å². The van der Waals surface area contributed by atoms with E-state index in [1.807, 2.05) is 67.6 Å². The summed E-state index contributed by atoms with van der Waals surface area (Å²) in [5.41, 5.74) is 2.91. The lowest BCUT2D eigenvalue weighted by atomic mass is 9.97. The SMILES string of the molecule is Cc1nc2sc3c(c2c(=O)n1CC(=O)N(Cc1ccccc1)c1ccccc1)CCCC3. The van der Waals surface area contributed by atoms with E-state index in [-0.39, 0.29) is 18.0 Å². The molecular formula is C26H25N3O2S. The lowest BCUT2D eigenvalue weighted by Gasteiger charge is -2.24. The lowest BCUT2D eigenvalue weighted by Crippen LogP contribution is -2.37. The Morgan fingerprint density at radius 3 is 2.47 bits per heavy atom. The Morgan fingerprint density at radius 2 is 1.72 bits per heavy atom. The molecule has 6 heteroatoms. The number of aromatic nitrogens is 2. The number of amides is 1. The van der Waals surface area contributed by atoms with E-state index in [1.54, 1.807) is 20.8 Å². The molecule has 2 aromatic heterocycles. The van der Waals surface area contributed by atoms with Crippen molar-refractivity contribution in [3.63, 3.8) is 0 Å². The molecular weight excluding hydrogens is 418 g/mol. The molecule has 0 radical (unpaired) electrons. The number of hydrogen-bond donors (Lipinski definition) is 0. The highest BCUT2D eigenvalue weighted by Gasteiger charge is 2.23. The van der Waals surface area contributed by atoms with E-state index in [0.717, 1.165) is 52.7 Å². The lowest BCUT2D eigenvalue weighted by molar-refractivity contribution is -0.119. The summed E-state index contributed by atoms with van der Waals surface area (Å²) in [6.07, 6.45) is 4.21. The minimum atomic E-state index is -0.129. The summed E-state index contributed by atoms with van der Waals surface area (Å²) in [6, 6.07) is 19.5. The molecule has 0 fully saturated rings. The molecule has 0 aliphatic heterocycles. The highest BCUT2D eigenvalue weighted by atomic mass is 32.1. The second-order valence-electron chi connectivity index (χ2n) is 8.24. The molecule has 1 aliphatic rings. The van der Waals surface area contributed by atoms with Gasteiger partial charge in [-0.2, -0.15) is 0 Å². The number of benzene rings is 2. The number of rotatable bonds is 5. The van der Waals surface area contributed by atoms with E-state index in [4.69, 9.17) is 4.98 Å². The van der Waals surface area contributed by atoms with Crippen molar-refractivity contribution in [2.75, 3.05) is 4.90 Å². The first-order valence-electron chi connectivity index (χ1n) is 11.0. The van der Waals surface area contributed by atoms with Gasteiger partial charge in [0.2, 0.25) is 5.91 Å². The van der Waals surface area contributed by atoms with E-state index in [0.29, 0.717) is 12.4 Å². The molecule has 2 aromatic carbocycles. The molecule has 0 spiro atoms.